The smallest absolute Gasteiger partial charge is 0.292 e. The number of rotatable bonds is 6. The highest BCUT2D eigenvalue weighted by molar-refractivity contribution is 7.98. The van der Waals surface area contributed by atoms with Gasteiger partial charge < -0.3 is 18.8 Å². The first-order chi connectivity index (χ1) is 14.2. The molecule has 2 heterocycles. The van der Waals surface area contributed by atoms with Crippen LogP contribution in [-0.2, 0) is 11.3 Å². The SMILES string of the molecule is CCOc1ccc2c(c1)sc(=NC(=O)C1COc3ccccc3O1)n2CCSC. The number of hydrogen-bond acceptors (Lipinski definition) is 6. The molecule has 2 aromatic carbocycles. The number of ether oxygens (including phenoxy) is 3. The Balaban J connectivity index is 1.67. The number of thiazole rings is 1. The third-order valence-corrected chi connectivity index (χ3v) is 6.11. The number of carbonyl (C=O) groups excluding carboxylic acids is 1. The molecule has 0 radical (unpaired) electrons. The van der Waals surface area contributed by atoms with Crippen molar-refractivity contribution in [3.05, 3.63) is 47.3 Å². The molecular weight excluding hydrogens is 408 g/mol. The Hall–Kier alpha value is -2.45. The van der Waals surface area contributed by atoms with E-state index < -0.39 is 6.10 Å². The molecule has 8 heteroatoms. The zero-order valence-corrected chi connectivity index (χ0v) is 17.9. The van der Waals surface area contributed by atoms with Crippen LogP contribution in [0.2, 0.25) is 0 Å². The second-order valence-corrected chi connectivity index (χ2v) is 8.40. The summed E-state index contributed by atoms with van der Waals surface area (Å²) < 4.78 is 20.2. The lowest BCUT2D eigenvalue weighted by molar-refractivity contribution is -0.127. The Bertz CT molecular complexity index is 1090. The predicted molar refractivity (Wildman–Crippen MR) is 116 cm³/mol. The minimum Gasteiger partial charge on any atom is -0.494 e. The van der Waals surface area contributed by atoms with Crippen molar-refractivity contribution >= 4 is 39.2 Å². The fourth-order valence-corrected chi connectivity index (χ4v) is 4.56. The number of amides is 1. The van der Waals surface area contributed by atoms with Gasteiger partial charge in [-0.1, -0.05) is 23.5 Å². The van der Waals surface area contributed by atoms with Crippen molar-refractivity contribution in [3.63, 3.8) is 0 Å². The van der Waals surface area contributed by atoms with Crippen molar-refractivity contribution < 1.29 is 19.0 Å². The van der Waals surface area contributed by atoms with Gasteiger partial charge in [0, 0.05) is 12.3 Å². The quantitative estimate of drug-likeness (QED) is 0.596. The number of nitrogens with zero attached hydrogens (tertiary/aromatic N) is 2. The molecule has 0 saturated heterocycles. The number of carbonyl (C=O) groups is 1. The molecule has 0 fully saturated rings. The van der Waals surface area contributed by atoms with Crippen molar-refractivity contribution in [2.45, 2.75) is 19.6 Å². The minimum absolute atomic E-state index is 0.156. The van der Waals surface area contributed by atoms with E-state index in [2.05, 4.69) is 15.8 Å². The zero-order valence-electron chi connectivity index (χ0n) is 16.3. The second-order valence-electron chi connectivity index (χ2n) is 6.41. The average Bonchev–Trinajstić information content (AvgIpc) is 3.08. The van der Waals surface area contributed by atoms with Crippen molar-refractivity contribution in [2.24, 2.45) is 4.99 Å². The summed E-state index contributed by atoms with van der Waals surface area (Å²) >= 11 is 3.24. The highest BCUT2D eigenvalue weighted by atomic mass is 32.2. The van der Waals surface area contributed by atoms with Crippen molar-refractivity contribution in [2.75, 3.05) is 25.2 Å². The lowest BCUT2D eigenvalue weighted by atomic mass is 10.2. The molecule has 6 nitrogen and oxygen atoms in total. The number of para-hydroxylation sites is 2. The number of aryl methyl sites for hydroxylation is 1. The summed E-state index contributed by atoms with van der Waals surface area (Å²) in [7, 11) is 0. The number of thioether (sulfide) groups is 1. The van der Waals surface area contributed by atoms with E-state index in [9.17, 15) is 4.79 Å². The van der Waals surface area contributed by atoms with Crippen LogP contribution in [0.1, 0.15) is 6.92 Å². The molecule has 1 aliphatic rings. The standard InChI is InChI=1S/C21H22N2O4S2/c1-3-25-14-8-9-15-19(12-14)29-21(23(15)10-11-28-2)22-20(24)18-13-26-16-6-4-5-7-17(16)27-18/h4-9,12,18H,3,10-11,13H2,1-2H3. The molecule has 0 N–H and O–H groups in total. The molecule has 1 aromatic heterocycles. The maximum atomic E-state index is 12.8. The minimum atomic E-state index is -0.747. The zero-order chi connectivity index (χ0) is 20.2. The molecule has 1 atom stereocenters. The summed E-state index contributed by atoms with van der Waals surface area (Å²) in [4.78, 5) is 17.9. The molecule has 0 bridgehead atoms. The Labute approximate surface area is 177 Å². The molecule has 1 aliphatic heterocycles. The van der Waals surface area contributed by atoms with Crippen LogP contribution in [0.5, 0.6) is 17.2 Å². The van der Waals surface area contributed by atoms with Crippen LogP contribution in [-0.4, -0.2) is 41.8 Å². The number of hydrogen-bond donors (Lipinski definition) is 0. The Morgan fingerprint density at radius 1 is 1.31 bits per heavy atom. The lowest BCUT2D eigenvalue weighted by Crippen LogP contribution is -2.36. The van der Waals surface area contributed by atoms with Gasteiger partial charge in [-0.2, -0.15) is 16.8 Å². The molecule has 3 aromatic rings. The van der Waals surface area contributed by atoms with E-state index in [0.717, 1.165) is 28.3 Å². The van der Waals surface area contributed by atoms with Gasteiger partial charge in [0.25, 0.3) is 5.91 Å². The molecular formula is C21H22N2O4S2. The van der Waals surface area contributed by atoms with Gasteiger partial charge in [-0.25, -0.2) is 0 Å². The molecule has 1 unspecified atom stereocenters. The molecule has 4 rings (SSSR count). The van der Waals surface area contributed by atoms with Crippen LogP contribution in [0.3, 0.4) is 0 Å². The number of aromatic nitrogens is 1. The van der Waals surface area contributed by atoms with Gasteiger partial charge in [0.2, 0.25) is 6.10 Å². The number of benzene rings is 2. The largest absolute Gasteiger partial charge is 0.494 e. The monoisotopic (exact) mass is 430 g/mol. The topological polar surface area (TPSA) is 62.1 Å². The van der Waals surface area contributed by atoms with Gasteiger partial charge in [-0.3, -0.25) is 4.79 Å². The summed E-state index contributed by atoms with van der Waals surface area (Å²) in [5.74, 6) is 2.62. The molecule has 152 valence electrons. The molecule has 0 spiro atoms. The fourth-order valence-electron chi connectivity index (χ4n) is 3.10. The Morgan fingerprint density at radius 2 is 2.14 bits per heavy atom. The van der Waals surface area contributed by atoms with Crippen LogP contribution in [0.25, 0.3) is 10.2 Å². The van der Waals surface area contributed by atoms with Crippen molar-refractivity contribution in [1.29, 1.82) is 0 Å². The van der Waals surface area contributed by atoms with E-state index in [4.69, 9.17) is 14.2 Å². The Morgan fingerprint density at radius 3 is 2.93 bits per heavy atom. The first-order valence-electron chi connectivity index (χ1n) is 9.41. The molecule has 0 saturated carbocycles. The molecule has 29 heavy (non-hydrogen) atoms. The maximum absolute atomic E-state index is 12.8. The van der Waals surface area contributed by atoms with Gasteiger partial charge in [-0.05, 0) is 43.5 Å². The van der Waals surface area contributed by atoms with E-state index in [-0.39, 0.29) is 12.5 Å². The first kappa shape index (κ1) is 19.8. The predicted octanol–water partition coefficient (Wildman–Crippen LogP) is 3.73. The maximum Gasteiger partial charge on any atom is 0.292 e. The van der Waals surface area contributed by atoms with Crippen LogP contribution in [0, 0.1) is 0 Å². The normalized spacial score (nSPS) is 16.2. The Kier molecular flexibility index (Phi) is 6.10. The van der Waals surface area contributed by atoms with Crippen LogP contribution < -0.4 is 19.0 Å². The van der Waals surface area contributed by atoms with E-state index in [1.165, 1.54) is 11.3 Å². The van der Waals surface area contributed by atoms with Gasteiger partial charge in [0.1, 0.15) is 12.4 Å². The highest BCUT2D eigenvalue weighted by Gasteiger charge is 2.27. The number of fused-ring (bicyclic) bond motifs is 2. The van der Waals surface area contributed by atoms with Gasteiger partial charge in [0.05, 0.1) is 16.8 Å². The van der Waals surface area contributed by atoms with E-state index in [1.54, 1.807) is 17.8 Å². The highest BCUT2D eigenvalue weighted by Crippen LogP contribution is 2.31. The van der Waals surface area contributed by atoms with Crippen molar-refractivity contribution in [3.8, 4) is 17.2 Å². The van der Waals surface area contributed by atoms with Gasteiger partial charge in [-0.15, -0.1) is 0 Å². The van der Waals surface area contributed by atoms with Crippen LogP contribution >= 0.6 is 23.1 Å². The summed E-state index contributed by atoms with van der Waals surface area (Å²) in [5, 5.41) is 0. The summed E-state index contributed by atoms with van der Waals surface area (Å²) in [6.45, 7) is 3.50. The van der Waals surface area contributed by atoms with Gasteiger partial charge >= 0.3 is 0 Å². The van der Waals surface area contributed by atoms with Crippen LogP contribution in [0.15, 0.2) is 47.5 Å². The van der Waals surface area contributed by atoms with E-state index >= 15 is 0 Å². The molecule has 1 amide bonds. The average molecular weight is 431 g/mol. The fraction of sp³-hybridized carbons (Fsp3) is 0.333. The third kappa shape index (κ3) is 4.28. The van der Waals surface area contributed by atoms with E-state index in [1.807, 2.05) is 43.3 Å². The van der Waals surface area contributed by atoms with Gasteiger partial charge in [0.15, 0.2) is 16.3 Å². The van der Waals surface area contributed by atoms with E-state index in [0.29, 0.717) is 22.9 Å². The summed E-state index contributed by atoms with van der Waals surface area (Å²) in [6.07, 6.45) is 1.32. The first-order valence-corrected chi connectivity index (χ1v) is 11.6. The van der Waals surface area contributed by atoms with Crippen LogP contribution in [0.4, 0.5) is 0 Å². The molecule has 0 aliphatic carbocycles. The summed E-state index contributed by atoms with van der Waals surface area (Å²) in [5.41, 5.74) is 1.05. The second kappa shape index (κ2) is 8.92. The summed E-state index contributed by atoms with van der Waals surface area (Å²) in [6, 6.07) is 13.3. The third-order valence-electron chi connectivity index (χ3n) is 4.47. The van der Waals surface area contributed by atoms with Crippen molar-refractivity contribution in [1.82, 2.24) is 4.57 Å². The lowest BCUT2D eigenvalue weighted by Gasteiger charge is -2.23.